The van der Waals surface area contributed by atoms with Gasteiger partial charge < -0.3 is 4.42 Å². The number of rotatable bonds is 2. The van der Waals surface area contributed by atoms with E-state index >= 15 is 0 Å². The van der Waals surface area contributed by atoms with E-state index in [4.69, 9.17) is 9.40 Å². The van der Waals surface area contributed by atoms with Gasteiger partial charge in [0.15, 0.2) is 11.3 Å². The Labute approximate surface area is 165 Å². The molecule has 6 rings (SSSR count). The van der Waals surface area contributed by atoms with Crippen LogP contribution in [-0.4, -0.2) is 25.1 Å². The van der Waals surface area contributed by atoms with Crippen molar-refractivity contribution in [3.05, 3.63) is 79.0 Å². The molecule has 136 valence electrons. The van der Waals surface area contributed by atoms with Gasteiger partial charge in [0.25, 0.3) is 5.89 Å². The molecular weight excluding hydrogens is 362 g/mol. The Kier molecular flexibility index (Phi) is 3.37. The maximum atomic E-state index is 6.10. The highest BCUT2D eigenvalue weighted by Crippen LogP contribution is 2.35. The second kappa shape index (κ2) is 6.17. The molecule has 29 heavy (non-hydrogen) atoms. The van der Waals surface area contributed by atoms with Crippen molar-refractivity contribution >= 4 is 21.9 Å². The van der Waals surface area contributed by atoms with Crippen LogP contribution in [0.4, 0.5) is 0 Å². The summed E-state index contributed by atoms with van der Waals surface area (Å²) < 4.78 is 6.10. The summed E-state index contributed by atoms with van der Waals surface area (Å²) in [6, 6.07) is 23.5. The van der Waals surface area contributed by atoms with E-state index < -0.39 is 0 Å². The Bertz CT molecular complexity index is 1460. The second-order valence-electron chi connectivity index (χ2n) is 6.69. The molecule has 0 saturated heterocycles. The molecule has 2 aromatic carbocycles. The van der Waals surface area contributed by atoms with Gasteiger partial charge >= 0.3 is 0 Å². The van der Waals surface area contributed by atoms with Crippen LogP contribution in [0.2, 0.25) is 0 Å². The van der Waals surface area contributed by atoms with Crippen LogP contribution in [0.15, 0.2) is 83.4 Å². The summed E-state index contributed by atoms with van der Waals surface area (Å²) in [4.78, 5) is 13.7. The zero-order valence-electron chi connectivity index (χ0n) is 15.1. The lowest BCUT2D eigenvalue weighted by molar-refractivity contribution is 0.531. The quantitative estimate of drug-likeness (QED) is 0.424. The van der Waals surface area contributed by atoms with Crippen LogP contribution in [0.25, 0.3) is 56.2 Å². The number of fused-ring (bicyclic) bond motifs is 4. The van der Waals surface area contributed by atoms with Crippen LogP contribution in [-0.2, 0) is 0 Å². The lowest BCUT2D eigenvalue weighted by atomic mass is 10.0. The lowest BCUT2D eigenvalue weighted by Crippen LogP contribution is -1.97. The van der Waals surface area contributed by atoms with E-state index in [0.717, 1.165) is 33.1 Å². The topological polar surface area (TPSA) is 77.6 Å². The third-order valence-electron chi connectivity index (χ3n) is 4.89. The monoisotopic (exact) mass is 375 g/mol. The summed E-state index contributed by atoms with van der Waals surface area (Å²) in [5.74, 6) is 0.832. The first kappa shape index (κ1) is 15.8. The van der Waals surface area contributed by atoms with Crippen LogP contribution in [0, 0.1) is 0 Å². The van der Waals surface area contributed by atoms with E-state index in [1.807, 2.05) is 72.8 Å². The van der Waals surface area contributed by atoms with Gasteiger partial charge in [-0.1, -0.05) is 48.5 Å². The first-order valence-corrected chi connectivity index (χ1v) is 9.20. The molecule has 0 bridgehead atoms. The van der Waals surface area contributed by atoms with Crippen molar-refractivity contribution in [3.63, 3.8) is 0 Å². The predicted octanol–water partition coefficient (Wildman–Crippen LogP) is 5.00. The molecule has 0 unspecified atom stereocenters. The molecule has 0 aliphatic carbocycles. The molecule has 2 aliphatic rings. The molecule has 0 saturated carbocycles. The number of pyridine rings is 2. The maximum Gasteiger partial charge on any atom is 0.250 e. The summed E-state index contributed by atoms with van der Waals surface area (Å²) >= 11 is 0. The minimum Gasteiger partial charge on any atom is -0.416 e. The molecule has 0 amide bonds. The van der Waals surface area contributed by atoms with Gasteiger partial charge in [0.1, 0.15) is 0 Å². The Morgan fingerprint density at radius 2 is 1.55 bits per heavy atom. The minimum atomic E-state index is 0.373. The smallest absolute Gasteiger partial charge is 0.250 e. The molecule has 0 fully saturated rings. The molecule has 0 spiro atoms. The molecule has 4 heterocycles. The highest BCUT2D eigenvalue weighted by molar-refractivity contribution is 5.94. The van der Waals surface area contributed by atoms with Crippen LogP contribution in [0.1, 0.15) is 0 Å². The largest absolute Gasteiger partial charge is 0.416 e. The molecule has 6 heteroatoms. The first-order valence-electron chi connectivity index (χ1n) is 9.20. The van der Waals surface area contributed by atoms with Crippen molar-refractivity contribution in [2.24, 2.45) is 0 Å². The maximum absolute atomic E-state index is 6.10. The minimum absolute atomic E-state index is 0.373. The van der Waals surface area contributed by atoms with Crippen LogP contribution in [0.5, 0.6) is 0 Å². The SMILES string of the molecule is c1ccc(-c2nc3ncccc3cc2-c2nnc3c4ccccc4nc-3o2)cc1. The van der Waals surface area contributed by atoms with Gasteiger partial charge in [0.2, 0.25) is 5.89 Å². The van der Waals surface area contributed by atoms with Crippen LogP contribution in [0.3, 0.4) is 0 Å². The van der Waals surface area contributed by atoms with Crippen molar-refractivity contribution in [1.82, 2.24) is 25.1 Å². The number of para-hydroxylation sites is 1. The van der Waals surface area contributed by atoms with E-state index in [2.05, 4.69) is 20.2 Å². The normalized spacial score (nSPS) is 11.4. The Morgan fingerprint density at radius 1 is 0.690 bits per heavy atom. The average molecular weight is 375 g/mol. The standard InChI is InChI=1S/C23H13N5O/c1-2-7-14(8-3-1)19-17(13-15-9-6-12-24-21(15)26-19)22-28-27-20-16-10-4-5-11-18(16)25-23(20)29-22/h1-13H. The van der Waals surface area contributed by atoms with Crippen molar-refractivity contribution < 1.29 is 4.42 Å². The fourth-order valence-corrected chi connectivity index (χ4v) is 3.52. The summed E-state index contributed by atoms with van der Waals surface area (Å²) in [6.45, 7) is 0. The van der Waals surface area contributed by atoms with Gasteiger partial charge in [-0.15, -0.1) is 10.2 Å². The Morgan fingerprint density at radius 3 is 2.48 bits per heavy atom. The zero-order chi connectivity index (χ0) is 19.2. The Hall–Kier alpha value is -4.19. The van der Waals surface area contributed by atoms with E-state index in [-0.39, 0.29) is 0 Å². The van der Waals surface area contributed by atoms with E-state index in [1.165, 1.54) is 0 Å². The molecule has 4 aromatic rings. The second-order valence-corrected chi connectivity index (χ2v) is 6.69. The molecule has 0 atom stereocenters. The van der Waals surface area contributed by atoms with Crippen molar-refractivity contribution in [1.29, 1.82) is 0 Å². The third-order valence-corrected chi connectivity index (χ3v) is 4.89. The van der Waals surface area contributed by atoms with Gasteiger partial charge in [-0.2, -0.15) is 0 Å². The van der Waals surface area contributed by atoms with Crippen molar-refractivity contribution in [2.45, 2.75) is 0 Å². The predicted molar refractivity (Wildman–Crippen MR) is 110 cm³/mol. The number of benzene rings is 2. The molecule has 2 aromatic heterocycles. The van der Waals surface area contributed by atoms with E-state index in [9.17, 15) is 0 Å². The summed E-state index contributed by atoms with van der Waals surface area (Å²) in [5, 5.41) is 10.6. The fraction of sp³-hybridized carbons (Fsp3) is 0. The number of aromatic nitrogens is 5. The third kappa shape index (κ3) is 2.54. The molecule has 0 radical (unpaired) electrons. The van der Waals surface area contributed by atoms with Crippen LogP contribution >= 0.6 is 0 Å². The average Bonchev–Trinajstić information content (AvgIpc) is 3.16. The molecule has 2 aliphatic heterocycles. The van der Waals surface area contributed by atoms with Gasteiger partial charge in [-0.3, -0.25) is 0 Å². The van der Waals surface area contributed by atoms with Gasteiger partial charge in [0, 0.05) is 22.5 Å². The molecule has 0 N–H and O–H groups in total. The number of nitrogens with zero attached hydrogens (tertiary/aromatic N) is 5. The summed E-state index contributed by atoms with van der Waals surface area (Å²) in [7, 11) is 0. The molecular formula is C23H13N5O. The van der Waals surface area contributed by atoms with E-state index in [1.54, 1.807) is 6.20 Å². The highest BCUT2D eigenvalue weighted by Gasteiger charge is 2.21. The summed E-state index contributed by atoms with van der Waals surface area (Å²) in [6.07, 6.45) is 1.74. The van der Waals surface area contributed by atoms with Gasteiger partial charge in [-0.25, -0.2) is 15.0 Å². The first-order chi connectivity index (χ1) is 14.4. The van der Waals surface area contributed by atoms with Crippen molar-refractivity contribution in [2.75, 3.05) is 0 Å². The Balaban J connectivity index is 1.64. The highest BCUT2D eigenvalue weighted by atomic mass is 16.4. The fourth-order valence-electron chi connectivity index (χ4n) is 3.52. The van der Waals surface area contributed by atoms with Gasteiger partial charge in [0.05, 0.1) is 16.8 Å². The van der Waals surface area contributed by atoms with E-state index in [0.29, 0.717) is 23.1 Å². The molecule has 6 nitrogen and oxygen atoms in total. The van der Waals surface area contributed by atoms with Gasteiger partial charge in [-0.05, 0) is 24.3 Å². The van der Waals surface area contributed by atoms with Crippen molar-refractivity contribution in [3.8, 4) is 34.3 Å². The summed E-state index contributed by atoms with van der Waals surface area (Å²) in [5.41, 5.74) is 4.60. The number of hydrogen-bond donors (Lipinski definition) is 0. The van der Waals surface area contributed by atoms with Crippen LogP contribution < -0.4 is 0 Å². The lowest BCUT2D eigenvalue weighted by Gasteiger charge is -2.09. The number of hydrogen-bond acceptors (Lipinski definition) is 6. The zero-order valence-corrected chi connectivity index (χ0v) is 15.1.